The number of aliphatic hydroxyl groups excluding tert-OH is 1. The normalized spacial score (nSPS) is 24.5. The summed E-state index contributed by atoms with van der Waals surface area (Å²) in [6.07, 6.45) is 1.40. The molecule has 2 rings (SSSR count). The Morgan fingerprint density at radius 3 is 2.79 bits per heavy atom. The molecule has 14 heavy (non-hydrogen) atoms. The third-order valence-electron chi connectivity index (χ3n) is 2.07. The van der Waals surface area contributed by atoms with Crippen LogP contribution in [0.5, 0.6) is 0 Å². The van der Waals surface area contributed by atoms with Crippen molar-refractivity contribution in [3.8, 4) is 0 Å². The lowest BCUT2D eigenvalue weighted by atomic mass is 10.0. The van der Waals surface area contributed by atoms with Gasteiger partial charge in [0.2, 0.25) is 5.72 Å². The van der Waals surface area contributed by atoms with Gasteiger partial charge in [0.15, 0.2) is 6.29 Å². The van der Waals surface area contributed by atoms with E-state index in [0.717, 1.165) is 6.08 Å². The summed E-state index contributed by atoms with van der Waals surface area (Å²) in [4.78, 5) is 10.6. The Balaban J connectivity index is 2.54. The average molecular weight is 191 g/mol. The Labute approximate surface area is 80.5 Å². The molecule has 0 radical (unpaired) electrons. The number of fused-ring (bicyclic) bond motifs is 1. The van der Waals surface area contributed by atoms with E-state index >= 15 is 0 Å². The van der Waals surface area contributed by atoms with Gasteiger partial charge in [-0.1, -0.05) is 12.1 Å². The zero-order chi connectivity index (χ0) is 10.2. The van der Waals surface area contributed by atoms with E-state index in [4.69, 9.17) is 0 Å². The van der Waals surface area contributed by atoms with Crippen molar-refractivity contribution in [1.29, 1.82) is 0 Å². The average Bonchev–Trinajstić information content (AvgIpc) is 2.18. The summed E-state index contributed by atoms with van der Waals surface area (Å²) < 4.78 is 0. The monoisotopic (exact) mass is 191 g/mol. The molecule has 4 nitrogen and oxygen atoms in total. The van der Waals surface area contributed by atoms with Gasteiger partial charge >= 0.3 is 0 Å². The highest BCUT2D eigenvalue weighted by Gasteiger charge is 2.29. The number of rotatable bonds is 1. The first-order valence-electron chi connectivity index (χ1n) is 4.13. The van der Waals surface area contributed by atoms with Crippen molar-refractivity contribution in [2.24, 2.45) is 0 Å². The molecule has 1 aliphatic rings. The zero-order valence-corrected chi connectivity index (χ0v) is 7.27. The van der Waals surface area contributed by atoms with E-state index in [9.17, 15) is 15.0 Å². The van der Waals surface area contributed by atoms with Gasteiger partial charge in [-0.05, 0) is 12.1 Å². The van der Waals surface area contributed by atoms with Gasteiger partial charge in [-0.15, -0.1) is 0 Å². The molecule has 4 heteroatoms. The maximum absolute atomic E-state index is 10.6. The summed E-state index contributed by atoms with van der Waals surface area (Å²) in [6.45, 7) is 0. The summed E-state index contributed by atoms with van der Waals surface area (Å²) in [6, 6.07) is 6.87. The minimum absolute atomic E-state index is 0.103. The molecule has 1 atom stereocenters. The van der Waals surface area contributed by atoms with Crippen molar-refractivity contribution >= 4 is 17.7 Å². The van der Waals surface area contributed by atoms with E-state index in [2.05, 4.69) is 5.32 Å². The van der Waals surface area contributed by atoms with E-state index in [-0.39, 0.29) is 5.76 Å². The van der Waals surface area contributed by atoms with Crippen LogP contribution in [0.15, 0.2) is 30.3 Å². The van der Waals surface area contributed by atoms with Crippen LogP contribution < -0.4 is 5.32 Å². The largest absolute Gasteiger partial charge is 0.507 e. The van der Waals surface area contributed by atoms with Gasteiger partial charge in [-0.2, -0.15) is 0 Å². The van der Waals surface area contributed by atoms with Crippen molar-refractivity contribution in [3.05, 3.63) is 35.9 Å². The lowest BCUT2D eigenvalue weighted by Crippen LogP contribution is -2.40. The van der Waals surface area contributed by atoms with Crippen molar-refractivity contribution in [3.63, 3.8) is 0 Å². The Hall–Kier alpha value is -1.81. The van der Waals surface area contributed by atoms with Gasteiger partial charge in [-0.25, -0.2) is 0 Å². The van der Waals surface area contributed by atoms with Gasteiger partial charge in [0.05, 0.1) is 0 Å². The molecule has 3 N–H and O–H groups in total. The fourth-order valence-electron chi connectivity index (χ4n) is 1.42. The van der Waals surface area contributed by atoms with E-state index in [1.165, 1.54) is 0 Å². The summed E-state index contributed by atoms with van der Waals surface area (Å²) in [5, 5.41) is 21.7. The Morgan fingerprint density at radius 1 is 1.36 bits per heavy atom. The number of anilines is 1. The number of hydrogen-bond donors (Lipinski definition) is 3. The predicted octanol–water partition coefficient (Wildman–Crippen LogP) is 0.898. The van der Waals surface area contributed by atoms with E-state index in [1.807, 2.05) is 0 Å². The van der Waals surface area contributed by atoms with Crippen LogP contribution in [0.2, 0.25) is 0 Å². The highest BCUT2D eigenvalue weighted by molar-refractivity contribution is 5.84. The van der Waals surface area contributed by atoms with Crippen LogP contribution in [0, 0.1) is 0 Å². The van der Waals surface area contributed by atoms with E-state index in [1.54, 1.807) is 24.3 Å². The predicted molar refractivity (Wildman–Crippen MR) is 51.7 cm³/mol. The molecule has 72 valence electrons. The van der Waals surface area contributed by atoms with Gasteiger partial charge in [0.25, 0.3) is 0 Å². The van der Waals surface area contributed by atoms with Crippen LogP contribution in [0.3, 0.4) is 0 Å². The summed E-state index contributed by atoms with van der Waals surface area (Å²) >= 11 is 0. The molecule has 1 unspecified atom stereocenters. The molecule has 0 saturated carbocycles. The number of carbonyl (C=O) groups excluding carboxylic acids is 1. The maximum atomic E-state index is 10.6. The third-order valence-corrected chi connectivity index (χ3v) is 2.07. The molecule has 1 aromatic rings. The van der Waals surface area contributed by atoms with Crippen molar-refractivity contribution in [2.45, 2.75) is 5.72 Å². The highest BCUT2D eigenvalue weighted by atomic mass is 16.3. The molecule has 0 amide bonds. The van der Waals surface area contributed by atoms with Gasteiger partial charge in [0, 0.05) is 17.3 Å². The van der Waals surface area contributed by atoms with Crippen LogP contribution >= 0.6 is 0 Å². The molecule has 1 aromatic carbocycles. The molecule has 1 aliphatic heterocycles. The quantitative estimate of drug-likeness (QED) is 0.577. The summed E-state index contributed by atoms with van der Waals surface area (Å²) in [7, 11) is 0. The number of para-hydroxylation sites is 1. The SMILES string of the molecule is O=CC1(O)C=C(O)c2ccccc2N1. The standard InChI is InChI=1S/C10H9NO3/c12-6-10(14)5-9(13)7-3-1-2-4-8(7)11-10/h1-6,11,13-14H. The van der Waals surface area contributed by atoms with Crippen LogP contribution in [0.25, 0.3) is 5.76 Å². The zero-order valence-electron chi connectivity index (χ0n) is 7.27. The smallest absolute Gasteiger partial charge is 0.216 e. The minimum Gasteiger partial charge on any atom is -0.507 e. The first kappa shape index (κ1) is 8.77. The Morgan fingerprint density at radius 2 is 2.07 bits per heavy atom. The number of benzene rings is 1. The summed E-state index contributed by atoms with van der Waals surface area (Å²) in [5.41, 5.74) is -0.709. The first-order valence-corrected chi connectivity index (χ1v) is 4.13. The second-order valence-corrected chi connectivity index (χ2v) is 3.14. The molecule has 1 heterocycles. The number of hydrogen-bond acceptors (Lipinski definition) is 4. The molecule has 0 spiro atoms. The number of nitrogens with one attached hydrogen (secondary N) is 1. The van der Waals surface area contributed by atoms with Crippen LogP contribution in [-0.4, -0.2) is 22.2 Å². The molecule has 0 fully saturated rings. The van der Waals surface area contributed by atoms with E-state index < -0.39 is 5.72 Å². The van der Waals surface area contributed by atoms with Gasteiger partial charge in [-0.3, -0.25) is 4.79 Å². The molecule has 0 saturated heterocycles. The van der Waals surface area contributed by atoms with Crippen molar-refractivity contribution in [1.82, 2.24) is 0 Å². The number of carbonyl (C=O) groups is 1. The molecule has 0 bridgehead atoms. The topological polar surface area (TPSA) is 69.6 Å². The van der Waals surface area contributed by atoms with Gasteiger partial charge in [0.1, 0.15) is 5.76 Å². The highest BCUT2D eigenvalue weighted by Crippen LogP contribution is 2.30. The maximum Gasteiger partial charge on any atom is 0.216 e. The molecular weight excluding hydrogens is 182 g/mol. The number of aldehydes is 1. The van der Waals surface area contributed by atoms with Crippen LogP contribution in [0.1, 0.15) is 5.56 Å². The second-order valence-electron chi connectivity index (χ2n) is 3.14. The first-order chi connectivity index (χ1) is 6.64. The van der Waals surface area contributed by atoms with Gasteiger partial charge < -0.3 is 15.5 Å². The van der Waals surface area contributed by atoms with Crippen LogP contribution in [0.4, 0.5) is 5.69 Å². The summed E-state index contributed by atoms with van der Waals surface area (Å²) in [5.74, 6) is -0.103. The fourth-order valence-corrected chi connectivity index (χ4v) is 1.42. The number of aliphatic hydroxyl groups is 2. The fraction of sp³-hybridized carbons (Fsp3) is 0.100. The lowest BCUT2D eigenvalue weighted by Gasteiger charge is -2.27. The van der Waals surface area contributed by atoms with Crippen LogP contribution in [-0.2, 0) is 4.79 Å². The van der Waals surface area contributed by atoms with Crippen molar-refractivity contribution < 1.29 is 15.0 Å². The lowest BCUT2D eigenvalue weighted by molar-refractivity contribution is -0.118. The second kappa shape index (κ2) is 2.85. The molecular formula is C10H9NO3. The minimum atomic E-state index is -1.81. The third kappa shape index (κ3) is 1.25. The molecule has 0 aromatic heterocycles. The Kier molecular flexibility index (Phi) is 1.79. The van der Waals surface area contributed by atoms with E-state index in [0.29, 0.717) is 17.5 Å². The Bertz CT molecular complexity index is 414. The van der Waals surface area contributed by atoms with Crippen molar-refractivity contribution in [2.75, 3.05) is 5.32 Å². The molecule has 0 aliphatic carbocycles.